The zero-order valence-electron chi connectivity index (χ0n) is 14.9. The van der Waals surface area contributed by atoms with Gasteiger partial charge in [-0.2, -0.15) is 0 Å². The first-order valence-electron chi connectivity index (χ1n) is 8.73. The second-order valence-electron chi connectivity index (χ2n) is 7.54. The van der Waals surface area contributed by atoms with E-state index in [1.807, 2.05) is 18.2 Å². The molecule has 1 unspecified atom stereocenters. The first-order chi connectivity index (χ1) is 11.3. The summed E-state index contributed by atoms with van der Waals surface area (Å²) in [6.45, 7) is 5.72. The lowest BCUT2D eigenvalue weighted by Crippen LogP contribution is -2.47. The fourth-order valence-corrected chi connectivity index (χ4v) is 3.07. The first kappa shape index (κ1) is 18.4. The van der Waals surface area contributed by atoms with Gasteiger partial charge >= 0.3 is 0 Å². The number of benzene rings is 1. The van der Waals surface area contributed by atoms with E-state index < -0.39 is 23.1 Å². The summed E-state index contributed by atoms with van der Waals surface area (Å²) >= 11 is 0. The first-order valence-corrected chi connectivity index (χ1v) is 8.73. The number of Topliss-reactive ketones (excluding diaryl/α,β-unsaturated/α-hetero) is 2. The summed E-state index contributed by atoms with van der Waals surface area (Å²) in [5.41, 5.74) is 0.508. The molecule has 4 nitrogen and oxygen atoms in total. The highest BCUT2D eigenvalue weighted by Crippen LogP contribution is 2.24. The summed E-state index contributed by atoms with van der Waals surface area (Å²) in [4.78, 5) is 38.7. The van der Waals surface area contributed by atoms with Crippen molar-refractivity contribution in [2.45, 2.75) is 58.9 Å². The van der Waals surface area contributed by atoms with Gasteiger partial charge in [-0.15, -0.1) is 0 Å². The third-order valence-electron chi connectivity index (χ3n) is 4.49. The van der Waals surface area contributed by atoms with Gasteiger partial charge in [-0.1, -0.05) is 51.1 Å². The fourth-order valence-electron chi connectivity index (χ4n) is 3.07. The lowest BCUT2D eigenvalue weighted by Gasteiger charge is -2.26. The van der Waals surface area contributed by atoms with E-state index in [2.05, 4.69) is 12.1 Å². The molecule has 1 aromatic carbocycles. The molecule has 0 aromatic heterocycles. The van der Waals surface area contributed by atoms with Crippen LogP contribution in [0.25, 0.3) is 0 Å². The molecule has 0 N–H and O–H groups in total. The number of carbonyl (C=O) groups is 3. The van der Waals surface area contributed by atoms with Crippen molar-refractivity contribution in [3.8, 4) is 0 Å². The molecule has 1 aliphatic heterocycles. The maximum absolute atomic E-state index is 12.5. The quantitative estimate of drug-likeness (QED) is 0.753. The largest absolute Gasteiger partial charge is 0.326 e. The third kappa shape index (κ3) is 4.53. The van der Waals surface area contributed by atoms with Crippen molar-refractivity contribution < 1.29 is 14.4 Å². The van der Waals surface area contributed by atoms with Crippen LogP contribution in [0.2, 0.25) is 0 Å². The average molecular weight is 329 g/mol. The zero-order valence-corrected chi connectivity index (χ0v) is 14.9. The normalized spacial score (nSPS) is 17.8. The lowest BCUT2D eigenvalue weighted by molar-refractivity contribution is -0.150. The van der Waals surface area contributed by atoms with Crippen LogP contribution in [0.5, 0.6) is 0 Å². The molecule has 0 bridgehead atoms. The molecular formula is C20H27NO3. The van der Waals surface area contributed by atoms with E-state index in [-0.39, 0.29) is 5.78 Å². The Balaban J connectivity index is 1.91. The van der Waals surface area contributed by atoms with E-state index in [0.717, 1.165) is 19.3 Å². The number of likely N-dealkylation sites (tertiary alicyclic amines) is 1. The Hall–Kier alpha value is -1.97. The molecule has 24 heavy (non-hydrogen) atoms. The lowest BCUT2D eigenvalue weighted by atomic mass is 9.89. The van der Waals surface area contributed by atoms with Gasteiger partial charge in [0.2, 0.25) is 5.78 Å². The Bertz CT molecular complexity index is 601. The number of hydrogen-bond acceptors (Lipinski definition) is 3. The van der Waals surface area contributed by atoms with E-state index in [9.17, 15) is 14.4 Å². The number of nitrogens with zero attached hydrogens (tertiary/aromatic N) is 1. The maximum Gasteiger partial charge on any atom is 0.291 e. The van der Waals surface area contributed by atoms with Gasteiger partial charge in [-0.3, -0.25) is 14.4 Å². The van der Waals surface area contributed by atoms with E-state index in [4.69, 9.17) is 0 Å². The summed E-state index contributed by atoms with van der Waals surface area (Å²) in [5.74, 6) is -0.827. The van der Waals surface area contributed by atoms with Gasteiger partial charge in [0.15, 0.2) is 5.78 Å². The Morgan fingerprint density at radius 1 is 1.12 bits per heavy atom. The molecule has 1 aromatic rings. The van der Waals surface area contributed by atoms with Crippen LogP contribution in [-0.4, -0.2) is 35.0 Å². The second-order valence-corrected chi connectivity index (χ2v) is 7.54. The molecule has 1 atom stereocenters. The SMILES string of the molecule is CC(C)(C)C(=O)C(=O)N1CCCC1C(=O)CCCc1ccccc1. The molecule has 0 radical (unpaired) electrons. The van der Waals surface area contributed by atoms with E-state index >= 15 is 0 Å². The van der Waals surface area contributed by atoms with Crippen molar-refractivity contribution in [3.63, 3.8) is 0 Å². The van der Waals surface area contributed by atoms with Crippen LogP contribution >= 0.6 is 0 Å². The van der Waals surface area contributed by atoms with Gasteiger partial charge in [-0.05, 0) is 31.2 Å². The smallest absolute Gasteiger partial charge is 0.291 e. The molecule has 1 aliphatic rings. The average Bonchev–Trinajstić information content (AvgIpc) is 3.03. The van der Waals surface area contributed by atoms with Crippen LogP contribution in [0.3, 0.4) is 0 Å². The molecule has 4 heteroatoms. The van der Waals surface area contributed by atoms with Crippen LogP contribution in [0, 0.1) is 5.41 Å². The minimum absolute atomic E-state index is 0.0819. The Morgan fingerprint density at radius 2 is 1.79 bits per heavy atom. The number of amides is 1. The molecule has 1 fully saturated rings. The highest BCUT2D eigenvalue weighted by atomic mass is 16.2. The molecule has 0 saturated carbocycles. The second kappa shape index (κ2) is 7.73. The van der Waals surface area contributed by atoms with E-state index in [1.165, 1.54) is 10.5 Å². The van der Waals surface area contributed by atoms with Crippen molar-refractivity contribution in [2.24, 2.45) is 5.41 Å². The van der Waals surface area contributed by atoms with Gasteiger partial charge in [0.25, 0.3) is 5.91 Å². The molecule has 130 valence electrons. The Morgan fingerprint density at radius 3 is 2.42 bits per heavy atom. The van der Waals surface area contributed by atoms with E-state index in [0.29, 0.717) is 19.4 Å². The Labute approximate surface area is 144 Å². The van der Waals surface area contributed by atoms with Crippen molar-refractivity contribution in [1.82, 2.24) is 4.90 Å². The Kier molecular flexibility index (Phi) is 5.92. The van der Waals surface area contributed by atoms with Crippen molar-refractivity contribution in [2.75, 3.05) is 6.54 Å². The van der Waals surface area contributed by atoms with Crippen molar-refractivity contribution in [1.29, 1.82) is 0 Å². The van der Waals surface area contributed by atoms with Crippen LogP contribution in [0.1, 0.15) is 52.0 Å². The molecule has 1 amide bonds. The molecule has 2 rings (SSSR count). The minimum Gasteiger partial charge on any atom is -0.326 e. The summed E-state index contributed by atoms with van der Waals surface area (Å²) in [6, 6.07) is 9.65. The summed E-state index contributed by atoms with van der Waals surface area (Å²) in [5, 5.41) is 0. The molecule has 1 saturated heterocycles. The number of carbonyl (C=O) groups excluding carboxylic acids is 3. The van der Waals surface area contributed by atoms with Gasteiger partial charge in [0.1, 0.15) is 0 Å². The van der Waals surface area contributed by atoms with Crippen molar-refractivity contribution >= 4 is 17.5 Å². The fraction of sp³-hybridized carbons (Fsp3) is 0.550. The van der Waals surface area contributed by atoms with Crippen LogP contribution < -0.4 is 0 Å². The van der Waals surface area contributed by atoms with Crippen LogP contribution in [0.15, 0.2) is 30.3 Å². The summed E-state index contributed by atoms with van der Waals surface area (Å²) in [7, 11) is 0. The monoisotopic (exact) mass is 329 g/mol. The van der Waals surface area contributed by atoms with E-state index in [1.54, 1.807) is 20.8 Å². The molecule has 1 heterocycles. The maximum atomic E-state index is 12.5. The standard InChI is InChI=1S/C20H27NO3/c1-20(2,3)18(23)19(24)21-14-8-12-16(21)17(22)13-7-11-15-9-5-4-6-10-15/h4-6,9-10,16H,7-8,11-14H2,1-3H3. The third-order valence-corrected chi connectivity index (χ3v) is 4.49. The molecule has 0 aliphatic carbocycles. The van der Waals surface area contributed by atoms with Gasteiger partial charge in [0.05, 0.1) is 6.04 Å². The highest BCUT2D eigenvalue weighted by Gasteiger charge is 2.39. The number of hydrogen-bond donors (Lipinski definition) is 0. The van der Waals surface area contributed by atoms with Crippen LogP contribution in [-0.2, 0) is 20.8 Å². The van der Waals surface area contributed by atoms with Crippen LogP contribution in [0.4, 0.5) is 0 Å². The van der Waals surface area contributed by atoms with Gasteiger partial charge < -0.3 is 4.90 Å². The summed E-state index contributed by atoms with van der Waals surface area (Å²) in [6.07, 6.45) is 3.54. The number of ketones is 2. The van der Waals surface area contributed by atoms with Crippen molar-refractivity contribution in [3.05, 3.63) is 35.9 Å². The predicted molar refractivity (Wildman–Crippen MR) is 93.6 cm³/mol. The highest BCUT2D eigenvalue weighted by molar-refractivity contribution is 6.38. The topological polar surface area (TPSA) is 54.5 Å². The number of aryl methyl sites for hydroxylation is 1. The van der Waals surface area contributed by atoms with Gasteiger partial charge in [0, 0.05) is 18.4 Å². The zero-order chi connectivity index (χ0) is 17.7. The predicted octanol–water partition coefficient (Wildman–Crippen LogP) is 3.18. The minimum atomic E-state index is -0.708. The molecule has 0 spiro atoms. The summed E-state index contributed by atoms with van der Waals surface area (Å²) < 4.78 is 0. The van der Waals surface area contributed by atoms with Gasteiger partial charge in [-0.25, -0.2) is 0 Å². The number of rotatable bonds is 6. The molecular weight excluding hydrogens is 302 g/mol.